The molecule has 1 saturated heterocycles. The molecule has 1 heterocycles. The Bertz CT molecular complexity index is 1000. The summed E-state index contributed by atoms with van der Waals surface area (Å²) in [5, 5.41) is 11.2. The van der Waals surface area contributed by atoms with Gasteiger partial charge >= 0.3 is 0 Å². The zero-order chi connectivity index (χ0) is 24.2. The Morgan fingerprint density at radius 3 is 2.61 bits per heavy atom. The Morgan fingerprint density at radius 2 is 1.94 bits per heavy atom. The Kier molecular flexibility index (Phi) is 8.36. The zero-order valence-corrected chi connectivity index (χ0v) is 20.3. The van der Waals surface area contributed by atoms with Gasteiger partial charge in [-0.1, -0.05) is 42.6 Å². The van der Waals surface area contributed by atoms with Crippen molar-refractivity contribution in [1.82, 2.24) is 14.9 Å². The highest BCUT2D eigenvalue weighted by Crippen LogP contribution is 2.31. The smallest absolute Gasteiger partial charge is 0.243 e. The number of carbonyl (C=O) groups excluding carboxylic acids is 2. The summed E-state index contributed by atoms with van der Waals surface area (Å²) in [6, 6.07) is 6.16. The highest BCUT2D eigenvalue weighted by atomic mass is 35.5. The van der Waals surface area contributed by atoms with Gasteiger partial charge in [-0.25, -0.2) is 13.1 Å². The molecule has 2 aliphatic rings. The predicted octanol–water partition coefficient (Wildman–Crippen LogP) is 1.61. The van der Waals surface area contributed by atoms with Gasteiger partial charge in [0.05, 0.1) is 12.1 Å². The minimum Gasteiger partial charge on any atom is -0.387 e. The monoisotopic (exact) mass is 497 g/mol. The highest BCUT2D eigenvalue weighted by Gasteiger charge is 2.42. The number of likely N-dealkylation sites (tertiary alicyclic amines) is 1. The fourth-order valence-electron chi connectivity index (χ4n) is 4.75. The number of rotatable bonds is 8. The molecule has 1 saturated carbocycles. The second kappa shape index (κ2) is 10.8. The fraction of sp³-hybridized carbons (Fsp3) is 0.591. The number of hydrogen-bond donors (Lipinski definition) is 4. The summed E-state index contributed by atoms with van der Waals surface area (Å²) in [5.74, 6) is -1.11. The maximum atomic E-state index is 13.3. The van der Waals surface area contributed by atoms with E-state index >= 15 is 0 Å². The van der Waals surface area contributed by atoms with Gasteiger partial charge in [0.15, 0.2) is 0 Å². The zero-order valence-electron chi connectivity index (χ0n) is 18.7. The summed E-state index contributed by atoms with van der Waals surface area (Å²) >= 11 is 6.17. The predicted molar refractivity (Wildman–Crippen MR) is 127 cm³/mol. The number of benzene rings is 1. The lowest BCUT2D eigenvalue weighted by Gasteiger charge is -2.33. The van der Waals surface area contributed by atoms with Crippen LogP contribution in [0.1, 0.15) is 44.1 Å². The molecule has 0 aromatic heterocycles. The van der Waals surface area contributed by atoms with E-state index in [1.54, 1.807) is 12.1 Å². The molecule has 5 N–H and O–H groups in total. The van der Waals surface area contributed by atoms with Crippen LogP contribution in [0.15, 0.2) is 24.3 Å². The van der Waals surface area contributed by atoms with Crippen molar-refractivity contribution in [2.24, 2.45) is 17.6 Å². The fourth-order valence-corrected chi connectivity index (χ4v) is 5.81. The number of nitrogens with two attached hydrogens (primary N) is 1. The molecule has 2 fully saturated rings. The maximum Gasteiger partial charge on any atom is 0.243 e. The molecule has 0 spiro atoms. The molecule has 33 heavy (non-hydrogen) atoms. The largest absolute Gasteiger partial charge is 0.387 e. The summed E-state index contributed by atoms with van der Waals surface area (Å²) in [6.45, 7) is 0.431. The summed E-state index contributed by atoms with van der Waals surface area (Å²) in [5.41, 5.74) is 6.47. The van der Waals surface area contributed by atoms with E-state index in [2.05, 4.69) is 10.0 Å². The molecule has 2 unspecified atom stereocenters. The van der Waals surface area contributed by atoms with Crippen LogP contribution in [0.2, 0.25) is 5.02 Å². The Balaban J connectivity index is 1.69. The number of amidine groups is 1. The number of hydrogen-bond acceptors (Lipinski definition) is 5. The van der Waals surface area contributed by atoms with Gasteiger partial charge in [0.2, 0.25) is 21.8 Å². The average Bonchev–Trinajstić information content (AvgIpc) is 3.19. The van der Waals surface area contributed by atoms with Crippen LogP contribution in [0.3, 0.4) is 0 Å². The number of amides is 2. The maximum absolute atomic E-state index is 13.3. The molecule has 182 valence electrons. The van der Waals surface area contributed by atoms with Crippen molar-refractivity contribution in [1.29, 1.82) is 5.41 Å². The highest BCUT2D eigenvalue weighted by molar-refractivity contribution is 7.88. The van der Waals surface area contributed by atoms with Crippen molar-refractivity contribution >= 4 is 39.3 Å². The lowest BCUT2D eigenvalue weighted by molar-refractivity contribution is -0.139. The molecule has 9 nitrogen and oxygen atoms in total. The third kappa shape index (κ3) is 6.91. The molecule has 1 aromatic carbocycles. The molecule has 0 bridgehead atoms. The van der Waals surface area contributed by atoms with E-state index in [9.17, 15) is 18.0 Å². The molecule has 4 atom stereocenters. The van der Waals surface area contributed by atoms with Crippen molar-refractivity contribution in [3.05, 3.63) is 34.9 Å². The first-order valence-electron chi connectivity index (χ1n) is 11.2. The van der Waals surface area contributed by atoms with Crippen molar-refractivity contribution in [3.63, 3.8) is 0 Å². The van der Waals surface area contributed by atoms with Crippen molar-refractivity contribution < 1.29 is 18.0 Å². The summed E-state index contributed by atoms with van der Waals surface area (Å²) in [4.78, 5) is 27.8. The molecule has 1 aliphatic carbocycles. The minimum atomic E-state index is -3.39. The van der Waals surface area contributed by atoms with Crippen molar-refractivity contribution in [2.75, 3.05) is 12.8 Å². The third-order valence-corrected chi connectivity index (χ3v) is 7.59. The summed E-state index contributed by atoms with van der Waals surface area (Å²) < 4.78 is 26.2. The molecule has 11 heteroatoms. The van der Waals surface area contributed by atoms with Crippen LogP contribution in [0.4, 0.5) is 0 Å². The van der Waals surface area contributed by atoms with E-state index in [0.29, 0.717) is 11.4 Å². The second-order valence-electron chi connectivity index (χ2n) is 9.00. The molecule has 3 rings (SSSR count). The SMILES string of the molecule is CS(=O)(=O)N[C@@H]1CCCC[C@H]1CC(=O)N1CC(C(=N)N)CC1C(=O)NCc1ccccc1Cl. The van der Waals surface area contributed by atoms with Gasteiger partial charge in [-0.2, -0.15) is 0 Å². The molecular formula is C22H32ClN5O4S. The standard InChI is InChI=1S/C22H32ClN5O4S/c1-33(31,32)27-18-9-5-3-6-14(18)11-20(29)28-13-16(21(24)25)10-19(28)22(30)26-12-15-7-2-4-8-17(15)23/h2,4,7-8,14,16,18-19,27H,3,5-6,9-13H2,1H3,(H3,24,25)(H,26,30)/t14-,16?,18+,19?/m0/s1. The van der Waals surface area contributed by atoms with Gasteiger partial charge in [-0.15, -0.1) is 0 Å². The van der Waals surface area contributed by atoms with Crippen molar-refractivity contribution in [3.8, 4) is 0 Å². The van der Waals surface area contributed by atoms with Crippen LogP contribution in [0.25, 0.3) is 0 Å². The second-order valence-corrected chi connectivity index (χ2v) is 11.2. The van der Waals surface area contributed by atoms with Crippen LogP contribution in [0, 0.1) is 17.2 Å². The van der Waals surface area contributed by atoms with Crippen molar-refractivity contribution in [2.45, 2.75) is 57.2 Å². The molecule has 1 aromatic rings. The number of halogens is 1. The summed E-state index contributed by atoms with van der Waals surface area (Å²) in [6.07, 6.45) is 4.81. The molecular weight excluding hydrogens is 466 g/mol. The van der Waals surface area contributed by atoms with Crippen LogP contribution >= 0.6 is 11.6 Å². The Morgan fingerprint density at radius 1 is 1.24 bits per heavy atom. The lowest BCUT2D eigenvalue weighted by atomic mass is 9.82. The van der Waals surface area contributed by atoms with E-state index in [1.165, 1.54) is 4.90 Å². The van der Waals surface area contributed by atoms with Gasteiger partial charge in [-0.3, -0.25) is 15.0 Å². The van der Waals surface area contributed by atoms with Gasteiger partial charge in [-0.05, 0) is 36.8 Å². The first kappa shape index (κ1) is 25.5. The Hall–Kier alpha value is -2.17. The van der Waals surface area contributed by atoms with Gasteiger partial charge in [0.25, 0.3) is 0 Å². The van der Waals surface area contributed by atoms with Gasteiger partial charge < -0.3 is 16.0 Å². The van der Waals surface area contributed by atoms with Crippen LogP contribution < -0.4 is 15.8 Å². The van der Waals surface area contributed by atoms with Crippen LogP contribution in [0.5, 0.6) is 0 Å². The average molecular weight is 498 g/mol. The number of sulfonamides is 1. The summed E-state index contributed by atoms with van der Waals surface area (Å²) in [7, 11) is -3.39. The van der Waals surface area contributed by atoms with Gasteiger partial charge in [0.1, 0.15) is 6.04 Å². The minimum absolute atomic E-state index is 0.0523. The lowest BCUT2D eigenvalue weighted by Crippen LogP contribution is -2.48. The number of nitrogens with one attached hydrogen (secondary N) is 3. The molecule has 0 radical (unpaired) electrons. The van der Waals surface area contributed by atoms with Crippen LogP contribution in [-0.4, -0.2) is 55.9 Å². The van der Waals surface area contributed by atoms with E-state index in [1.807, 2.05) is 12.1 Å². The topological polar surface area (TPSA) is 145 Å². The van der Waals surface area contributed by atoms with E-state index in [4.69, 9.17) is 22.7 Å². The van der Waals surface area contributed by atoms with Crippen LogP contribution in [-0.2, 0) is 26.2 Å². The third-order valence-electron chi connectivity index (χ3n) is 6.49. The normalized spacial score (nSPS) is 25.6. The van der Waals surface area contributed by atoms with Gasteiger partial charge in [0, 0.05) is 36.5 Å². The first-order valence-corrected chi connectivity index (χ1v) is 13.4. The first-order chi connectivity index (χ1) is 15.5. The van der Waals surface area contributed by atoms with E-state index in [-0.39, 0.29) is 61.5 Å². The Labute approximate surface area is 200 Å². The quantitative estimate of drug-likeness (QED) is 0.318. The van der Waals surface area contributed by atoms with E-state index < -0.39 is 16.1 Å². The molecule has 2 amide bonds. The number of carbonyl (C=O) groups is 2. The van der Waals surface area contributed by atoms with E-state index in [0.717, 1.165) is 31.1 Å². The molecule has 1 aliphatic heterocycles. The number of nitrogens with zero attached hydrogens (tertiary/aromatic N) is 1.